The number of anilines is 3. The van der Waals surface area contributed by atoms with Crippen molar-refractivity contribution in [2.75, 3.05) is 29.2 Å². The summed E-state index contributed by atoms with van der Waals surface area (Å²) >= 11 is 0. The molecule has 0 atom stereocenters. The van der Waals surface area contributed by atoms with E-state index in [2.05, 4.69) is 20.2 Å². The zero-order chi connectivity index (χ0) is 22.7. The number of nitrogens with two attached hydrogens (primary N) is 1. The minimum Gasteiger partial charge on any atom is -0.393 e. The van der Waals surface area contributed by atoms with E-state index in [4.69, 9.17) is 5.73 Å². The molecule has 3 aromatic rings. The lowest BCUT2D eigenvalue weighted by Gasteiger charge is -2.30. The summed E-state index contributed by atoms with van der Waals surface area (Å²) in [7, 11) is -3.50. The van der Waals surface area contributed by atoms with E-state index in [9.17, 15) is 17.9 Å². The lowest BCUT2D eigenvalue weighted by molar-refractivity contribution is 0.145. The number of hydrogen-bond donors (Lipinski definition) is 3. The third-order valence-electron chi connectivity index (χ3n) is 5.33. The summed E-state index contributed by atoms with van der Waals surface area (Å²) in [5.41, 5.74) is 7.27. The first-order valence-electron chi connectivity index (χ1n) is 10.2. The van der Waals surface area contributed by atoms with Crippen molar-refractivity contribution >= 4 is 27.3 Å². The van der Waals surface area contributed by atoms with Gasteiger partial charge in [0.2, 0.25) is 5.95 Å². The molecule has 1 aliphatic heterocycles. The molecule has 0 aliphatic carbocycles. The SMILES string of the molecule is NCS(=O)(=O)c1ccc(Nc2nc(-c3ccc(F)cc3)cc(N3CCC(O)CC3)n2)cc1. The van der Waals surface area contributed by atoms with Crippen LogP contribution in [0.15, 0.2) is 59.5 Å². The van der Waals surface area contributed by atoms with Crippen molar-refractivity contribution in [3.05, 3.63) is 60.4 Å². The Labute approximate surface area is 185 Å². The van der Waals surface area contributed by atoms with E-state index in [1.165, 1.54) is 24.3 Å². The van der Waals surface area contributed by atoms with E-state index in [1.54, 1.807) is 24.3 Å². The molecule has 0 radical (unpaired) electrons. The maximum absolute atomic E-state index is 13.4. The molecule has 10 heteroatoms. The Morgan fingerprint density at radius 2 is 1.72 bits per heavy atom. The second-order valence-electron chi connectivity index (χ2n) is 7.59. The summed E-state index contributed by atoms with van der Waals surface area (Å²) in [5.74, 6) is 0.216. The Morgan fingerprint density at radius 1 is 1.06 bits per heavy atom. The standard InChI is InChI=1S/C22H24FN5O3S/c23-16-3-1-15(2-4-16)20-13-21(28-11-9-18(29)10-12-28)27-22(26-20)25-17-5-7-19(8-6-17)32(30,31)14-24/h1-8,13,18,29H,9-12,14,24H2,(H,25,26,27). The molecule has 4 N–H and O–H groups in total. The van der Waals surface area contributed by atoms with Crippen LogP contribution in [0.25, 0.3) is 11.3 Å². The fraction of sp³-hybridized carbons (Fsp3) is 0.273. The zero-order valence-corrected chi connectivity index (χ0v) is 18.1. The maximum atomic E-state index is 13.4. The van der Waals surface area contributed by atoms with Crippen molar-refractivity contribution in [2.24, 2.45) is 5.73 Å². The number of aliphatic hydroxyl groups excluding tert-OH is 1. The van der Waals surface area contributed by atoms with Gasteiger partial charge in [0.15, 0.2) is 9.84 Å². The molecule has 8 nitrogen and oxygen atoms in total. The number of piperidine rings is 1. The zero-order valence-electron chi connectivity index (χ0n) is 17.3. The fourth-order valence-electron chi connectivity index (χ4n) is 3.49. The molecule has 1 aliphatic rings. The number of nitrogens with one attached hydrogen (secondary N) is 1. The van der Waals surface area contributed by atoms with Crippen LogP contribution in [-0.4, -0.2) is 48.6 Å². The van der Waals surface area contributed by atoms with Crippen molar-refractivity contribution in [3.63, 3.8) is 0 Å². The number of benzene rings is 2. The maximum Gasteiger partial charge on any atom is 0.229 e. The van der Waals surface area contributed by atoms with Crippen molar-refractivity contribution in [1.82, 2.24) is 9.97 Å². The number of sulfone groups is 1. The number of rotatable bonds is 6. The predicted molar refractivity (Wildman–Crippen MR) is 121 cm³/mol. The highest BCUT2D eigenvalue weighted by molar-refractivity contribution is 7.91. The topological polar surface area (TPSA) is 121 Å². The minimum atomic E-state index is -3.50. The van der Waals surface area contributed by atoms with Gasteiger partial charge in [-0.05, 0) is 61.4 Å². The Balaban J connectivity index is 1.66. The van der Waals surface area contributed by atoms with Gasteiger partial charge in [-0.25, -0.2) is 17.8 Å². The second kappa shape index (κ2) is 9.19. The summed E-state index contributed by atoms with van der Waals surface area (Å²) in [6.45, 7) is 1.32. The van der Waals surface area contributed by atoms with Crippen LogP contribution in [0.3, 0.4) is 0 Å². The normalized spacial score (nSPS) is 15.0. The predicted octanol–water partition coefficient (Wildman–Crippen LogP) is 2.68. The van der Waals surface area contributed by atoms with Crippen LogP contribution in [-0.2, 0) is 9.84 Å². The number of aromatic nitrogens is 2. The van der Waals surface area contributed by atoms with Crippen LogP contribution >= 0.6 is 0 Å². The van der Waals surface area contributed by atoms with Crippen LogP contribution in [0.4, 0.5) is 21.8 Å². The van der Waals surface area contributed by atoms with Crippen LogP contribution < -0.4 is 16.0 Å². The van der Waals surface area contributed by atoms with Gasteiger partial charge in [-0.15, -0.1) is 0 Å². The highest BCUT2D eigenvalue weighted by Gasteiger charge is 2.20. The van der Waals surface area contributed by atoms with Crippen molar-refractivity contribution in [2.45, 2.75) is 23.8 Å². The molecule has 2 aromatic carbocycles. The Morgan fingerprint density at radius 3 is 2.34 bits per heavy atom. The van der Waals surface area contributed by atoms with E-state index >= 15 is 0 Å². The van der Waals surface area contributed by atoms with E-state index < -0.39 is 15.7 Å². The Hall–Kier alpha value is -3.08. The lowest BCUT2D eigenvalue weighted by Crippen LogP contribution is -2.36. The van der Waals surface area contributed by atoms with Gasteiger partial charge in [-0.1, -0.05) is 0 Å². The van der Waals surface area contributed by atoms with Gasteiger partial charge < -0.3 is 21.1 Å². The highest BCUT2D eigenvalue weighted by Crippen LogP contribution is 2.27. The van der Waals surface area contributed by atoms with Crippen LogP contribution in [0.2, 0.25) is 0 Å². The largest absolute Gasteiger partial charge is 0.393 e. The highest BCUT2D eigenvalue weighted by atomic mass is 32.2. The first-order chi connectivity index (χ1) is 15.3. The van der Waals surface area contributed by atoms with Crippen LogP contribution in [0.5, 0.6) is 0 Å². The molecule has 0 amide bonds. The molecular weight excluding hydrogens is 433 g/mol. The molecule has 168 valence electrons. The third kappa shape index (κ3) is 5.04. The number of nitrogens with zero attached hydrogens (tertiary/aromatic N) is 3. The van der Waals surface area contributed by atoms with Gasteiger partial charge in [-0.3, -0.25) is 0 Å². The molecular formula is C22H24FN5O3S. The first-order valence-corrected chi connectivity index (χ1v) is 11.9. The Bertz CT molecular complexity index is 1180. The summed E-state index contributed by atoms with van der Waals surface area (Å²) in [5, 5.41) is 12.9. The molecule has 0 spiro atoms. The summed E-state index contributed by atoms with van der Waals surface area (Å²) in [4.78, 5) is 11.4. The summed E-state index contributed by atoms with van der Waals surface area (Å²) in [6, 6.07) is 14.1. The van der Waals surface area contributed by atoms with Crippen LogP contribution in [0.1, 0.15) is 12.8 Å². The van der Waals surface area contributed by atoms with Gasteiger partial charge in [0.1, 0.15) is 17.5 Å². The molecule has 0 unspecified atom stereocenters. The molecule has 2 heterocycles. The van der Waals surface area contributed by atoms with Crippen molar-refractivity contribution in [1.29, 1.82) is 0 Å². The molecule has 32 heavy (non-hydrogen) atoms. The fourth-order valence-corrected chi connectivity index (χ4v) is 4.23. The smallest absolute Gasteiger partial charge is 0.229 e. The molecule has 1 fully saturated rings. The van der Waals surface area contributed by atoms with Gasteiger partial charge in [-0.2, -0.15) is 4.98 Å². The van der Waals surface area contributed by atoms with Gasteiger partial charge >= 0.3 is 0 Å². The molecule has 0 bridgehead atoms. The van der Waals surface area contributed by atoms with Gasteiger partial charge in [0.25, 0.3) is 0 Å². The molecule has 0 saturated carbocycles. The monoisotopic (exact) mass is 457 g/mol. The van der Waals surface area contributed by atoms with Gasteiger partial charge in [0.05, 0.1) is 16.7 Å². The number of halogens is 1. The average Bonchev–Trinajstić information content (AvgIpc) is 2.80. The van der Waals surface area contributed by atoms with Crippen molar-refractivity contribution in [3.8, 4) is 11.3 Å². The quantitative estimate of drug-likeness (QED) is 0.517. The van der Waals surface area contributed by atoms with E-state index in [0.717, 1.165) is 5.56 Å². The second-order valence-corrected chi connectivity index (χ2v) is 9.63. The van der Waals surface area contributed by atoms with E-state index in [0.29, 0.717) is 49.1 Å². The summed E-state index contributed by atoms with van der Waals surface area (Å²) in [6.07, 6.45) is 0.983. The first kappa shape index (κ1) is 22.1. The average molecular weight is 458 g/mol. The lowest BCUT2D eigenvalue weighted by atomic mass is 10.1. The Kier molecular flexibility index (Phi) is 6.35. The molecule has 1 aromatic heterocycles. The van der Waals surface area contributed by atoms with Crippen LogP contribution in [0, 0.1) is 5.82 Å². The third-order valence-corrected chi connectivity index (χ3v) is 6.76. The molecule has 1 saturated heterocycles. The number of hydrogen-bond acceptors (Lipinski definition) is 8. The minimum absolute atomic E-state index is 0.138. The summed E-state index contributed by atoms with van der Waals surface area (Å²) < 4.78 is 37.2. The number of aliphatic hydroxyl groups is 1. The van der Waals surface area contributed by atoms with E-state index in [-0.39, 0.29) is 16.8 Å². The van der Waals surface area contributed by atoms with Crippen molar-refractivity contribution < 1.29 is 17.9 Å². The molecule has 4 rings (SSSR count). The van der Waals surface area contributed by atoms with E-state index in [1.807, 2.05) is 6.07 Å². The van der Waals surface area contributed by atoms with Gasteiger partial charge in [0, 0.05) is 30.4 Å².